The van der Waals surface area contributed by atoms with E-state index in [0.717, 1.165) is 23.0 Å². The average molecular weight is 271 g/mol. The van der Waals surface area contributed by atoms with Crippen LogP contribution in [0.15, 0.2) is 41.5 Å². The van der Waals surface area contributed by atoms with Crippen molar-refractivity contribution in [1.29, 1.82) is 0 Å². The molecule has 5 heteroatoms. The molecule has 0 bridgehead atoms. The van der Waals surface area contributed by atoms with Crippen LogP contribution < -0.4 is 0 Å². The molecule has 0 spiro atoms. The normalized spacial score (nSPS) is 10.2. The Morgan fingerprint density at radius 2 is 1.75 bits per heavy atom. The number of benzene rings is 1. The number of aromatic amines is 1. The van der Waals surface area contributed by atoms with Crippen molar-refractivity contribution >= 4 is 5.96 Å². The molecule has 0 aliphatic rings. The van der Waals surface area contributed by atoms with Gasteiger partial charge in [-0.25, -0.2) is 9.98 Å². The fourth-order valence-electron chi connectivity index (χ4n) is 2.04. The van der Waals surface area contributed by atoms with Gasteiger partial charge in [-0.15, -0.1) is 0 Å². The van der Waals surface area contributed by atoms with Crippen LogP contribution in [0.2, 0.25) is 0 Å². The number of imidazole rings is 1. The molecule has 0 radical (unpaired) electrons. The second-order valence-corrected chi connectivity index (χ2v) is 5.01. The molecule has 1 heterocycles. The van der Waals surface area contributed by atoms with Gasteiger partial charge in [-0.1, -0.05) is 30.3 Å². The number of nitrogens with one attached hydrogen (secondary N) is 1. The molecule has 0 saturated carbocycles. The lowest BCUT2D eigenvalue weighted by molar-refractivity contribution is 0.479. The van der Waals surface area contributed by atoms with Gasteiger partial charge in [0, 0.05) is 28.2 Å². The van der Waals surface area contributed by atoms with Crippen molar-refractivity contribution < 1.29 is 0 Å². The molecule has 2 rings (SSSR count). The maximum atomic E-state index is 4.57. The Hall–Kier alpha value is -2.30. The molecule has 0 aliphatic carbocycles. The van der Waals surface area contributed by atoms with Crippen LogP contribution in [-0.4, -0.2) is 53.9 Å². The van der Waals surface area contributed by atoms with Gasteiger partial charge in [-0.2, -0.15) is 0 Å². The van der Waals surface area contributed by atoms with E-state index in [1.807, 2.05) is 62.4 Å². The smallest absolute Gasteiger partial charge is 0.195 e. The van der Waals surface area contributed by atoms with E-state index in [2.05, 4.69) is 27.1 Å². The second-order valence-electron chi connectivity index (χ2n) is 5.01. The largest absolute Gasteiger partial charge is 0.349 e. The van der Waals surface area contributed by atoms with E-state index in [1.54, 1.807) is 0 Å². The molecule has 1 N–H and O–H groups in total. The Morgan fingerprint density at radius 1 is 1.10 bits per heavy atom. The monoisotopic (exact) mass is 271 g/mol. The van der Waals surface area contributed by atoms with Gasteiger partial charge in [0.05, 0.1) is 11.9 Å². The van der Waals surface area contributed by atoms with Gasteiger partial charge in [0.25, 0.3) is 0 Å². The Labute approximate surface area is 120 Å². The van der Waals surface area contributed by atoms with Gasteiger partial charge in [0.1, 0.15) is 12.4 Å². The zero-order chi connectivity index (χ0) is 14.5. The van der Waals surface area contributed by atoms with E-state index >= 15 is 0 Å². The minimum absolute atomic E-state index is 0.540. The van der Waals surface area contributed by atoms with Crippen molar-refractivity contribution in [3.8, 4) is 11.3 Å². The van der Waals surface area contributed by atoms with E-state index < -0.39 is 0 Å². The number of H-pyrrole nitrogens is 1. The molecular formula is C15H21N5. The number of hydrogen-bond acceptors (Lipinski definition) is 2. The molecule has 1 aromatic heterocycles. The first-order valence-corrected chi connectivity index (χ1v) is 6.56. The lowest BCUT2D eigenvalue weighted by atomic mass is 10.2. The zero-order valence-electron chi connectivity index (χ0n) is 12.5. The van der Waals surface area contributed by atoms with Crippen LogP contribution in [0.25, 0.3) is 11.3 Å². The van der Waals surface area contributed by atoms with Gasteiger partial charge in [-0.3, -0.25) is 0 Å². The molecule has 1 aromatic carbocycles. The van der Waals surface area contributed by atoms with Gasteiger partial charge in [0.2, 0.25) is 0 Å². The lowest BCUT2D eigenvalue weighted by Crippen LogP contribution is -2.35. The molecule has 5 nitrogen and oxygen atoms in total. The topological polar surface area (TPSA) is 47.5 Å². The molecule has 106 valence electrons. The Kier molecular flexibility index (Phi) is 4.40. The number of guanidine groups is 1. The highest BCUT2D eigenvalue weighted by molar-refractivity contribution is 5.79. The number of nitrogens with zero attached hydrogens (tertiary/aromatic N) is 4. The minimum Gasteiger partial charge on any atom is -0.349 e. The van der Waals surface area contributed by atoms with Crippen LogP contribution in [0.5, 0.6) is 0 Å². The van der Waals surface area contributed by atoms with Crippen molar-refractivity contribution in [1.82, 2.24) is 19.8 Å². The number of rotatable bonds is 3. The summed E-state index contributed by atoms with van der Waals surface area (Å²) >= 11 is 0. The molecule has 0 atom stereocenters. The van der Waals surface area contributed by atoms with E-state index in [9.17, 15) is 0 Å². The van der Waals surface area contributed by atoms with Crippen LogP contribution in [0.4, 0.5) is 0 Å². The molecule has 20 heavy (non-hydrogen) atoms. The third-order valence-electron chi connectivity index (χ3n) is 2.88. The molecule has 0 fully saturated rings. The highest BCUT2D eigenvalue weighted by atomic mass is 15.3. The summed E-state index contributed by atoms with van der Waals surface area (Å²) in [6, 6.07) is 10.2. The molecule has 2 aromatic rings. The first-order valence-electron chi connectivity index (χ1n) is 6.56. The van der Waals surface area contributed by atoms with Crippen LogP contribution in [0.3, 0.4) is 0 Å². The van der Waals surface area contributed by atoms with Gasteiger partial charge >= 0.3 is 0 Å². The fraction of sp³-hybridized carbons (Fsp3) is 0.333. The van der Waals surface area contributed by atoms with Gasteiger partial charge in [-0.05, 0) is 5.56 Å². The summed E-state index contributed by atoms with van der Waals surface area (Å²) in [5.41, 5.74) is 2.16. The first-order chi connectivity index (χ1) is 9.58. The highest BCUT2D eigenvalue weighted by Gasteiger charge is 2.06. The maximum Gasteiger partial charge on any atom is 0.195 e. The van der Waals surface area contributed by atoms with Crippen molar-refractivity contribution in [2.24, 2.45) is 4.99 Å². The van der Waals surface area contributed by atoms with Crippen LogP contribution in [-0.2, 0) is 6.54 Å². The standard InChI is InChI=1S/C15H21N5/c1-19(2)15(20(3)4)17-11-14-16-10-13(18-14)12-8-6-5-7-9-12/h5-10H,11H2,1-4H3,(H,16,18). The van der Waals surface area contributed by atoms with E-state index in [4.69, 9.17) is 0 Å². The number of aliphatic imine (C=N–C) groups is 1. The average Bonchev–Trinajstić information content (AvgIpc) is 2.88. The summed E-state index contributed by atoms with van der Waals surface area (Å²) in [4.78, 5) is 16.2. The van der Waals surface area contributed by atoms with Crippen molar-refractivity contribution in [3.05, 3.63) is 42.4 Å². The third-order valence-corrected chi connectivity index (χ3v) is 2.88. The zero-order valence-corrected chi connectivity index (χ0v) is 12.5. The predicted molar refractivity (Wildman–Crippen MR) is 82.5 cm³/mol. The van der Waals surface area contributed by atoms with Crippen LogP contribution in [0.1, 0.15) is 5.82 Å². The first kappa shape index (κ1) is 14.1. The van der Waals surface area contributed by atoms with Gasteiger partial charge < -0.3 is 14.8 Å². The SMILES string of the molecule is CN(C)C(=NCc1ncc(-c2ccccc2)[nH]1)N(C)C. The third kappa shape index (κ3) is 3.38. The summed E-state index contributed by atoms with van der Waals surface area (Å²) in [6.45, 7) is 0.540. The van der Waals surface area contributed by atoms with Crippen LogP contribution >= 0.6 is 0 Å². The lowest BCUT2D eigenvalue weighted by Gasteiger charge is -2.22. The second kappa shape index (κ2) is 6.23. The van der Waals surface area contributed by atoms with Crippen LogP contribution in [0, 0.1) is 0 Å². The van der Waals surface area contributed by atoms with E-state index in [0.29, 0.717) is 6.54 Å². The number of hydrogen-bond donors (Lipinski definition) is 1. The molecule has 0 unspecified atom stereocenters. The molecule has 0 aliphatic heterocycles. The van der Waals surface area contributed by atoms with Crippen molar-refractivity contribution in [2.45, 2.75) is 6.54 Å². The Morgan fingerprint density at radius 3 is 2.35 bits per heavy atom. The van der Waals surface area contributed by atoms with Crippen molar-refractivity contribution in [3.63, 3.8) is 0 Å². The quantitative estimate of drug-likeness (QED) is 0.686. The molecule has 0 saturated heterocycles. The van der Waals surface area contributed by atoms with E-state index in [-0.39, 0.29) is 0 Å². The van der Waals surface area contributed by atoms with E-state index in [1.165, 1.54) is 0 Å². The highest BCUT2D eigenvalue weighted by Crippen LogP contribution is 2.16. The van der Waals surface area contributed by atoms with Gasteiger partial charge in [0.15, 0.2) is 5.96 Å². The summed E-state index contributed by atoms with van der Waals surface area (Å²) in [5.74, 6) is 1.78. The minimum atomic E-state index is 0.540. The molecule has 0 amide bonds. The fourth-order valence-corrected chi connectivity index (χ4v) is 2.04. The predicted octanol–water partition coefficient (Wildman–Crippen LogP) is 2.06. The maximum absolute atomic E-state index is 4.57. The Balaban J connectivity index is 2.12. The number of aromatic nitrogens is 2. The summed E-state index contributed by atoms with van der Waals surface area (Å²) < 4.78 is 0. The summed E-state index contributed by atoms with van der Waals surface area (Å²) in [7, 11) is 7.93. The van der Waals surface area contributed by atoms with Crippen molar-refractivity contribution in [2.75, 3.05) is 28.2 Å². The summed E-state index contributed by atoms with van der Waals surface area (Å²) in [6.07, 6.45) is 1.85. The molecular weight excluding hydrogens is 250 g/mol. The summed E-state index contributed by atoms with van der Waals surface area (Å²) in [5, 5.41) is 0. The Bertz CT molecular complexity index is 559.